The molecule has 1 saturated heterocycles. The first kappa shape index (κ1) is 28.8. The van der Waals surface area contributed by atoms with Crippen molar-refractivity contribution < 1.29 is 8.42 Å². The van der Waals surface area contributed by atoms with E-state index in [4.69, 9.17) is 4.98 Å². The molecule has 1 aromatic carbocycles. The fourth-order valence-electron chi connectivity index (χ4n) is 4.78. The Morgan fingerprint density at radius 2 is 1.91 bits per heavy atom. The van der Waals surface area contributed by atoms with Gasteiger partial charge in [0, 0.05) is 47.6 Å². The zero-order valence-electron chi connectivity index (χ0n) is 23.6. The molecule has 1 unspecified atom stereocenters. The van der Waals surface area contributed by atoms with Crippen LogP contribution in [0.1, 0.15) is 30.4 Å². The van der Waals surface area contributed by atoms with Crippen molar-refractivity contribution >= 4 is 55.8 Å². The third-order valence-electron chi connectivity index (χ3n) is 7.10. The Bertz CT molecular complexity index is 1900. The van der Waals surface area contributed by atoms with Crippen molar-refractivity contribution in [3.8, 4) is 0 Å². The normalized spacial score (nSPS) is 15.6. The smallest absolute Gasteiger partial charge is 0.276 e. The SMILES string of the molecule is CC(C)S(=O)(=O)n1cncc1Cn1c(=O)c(Nc2cccnc2)cc2cnc(Nc3ccc(C4CNCCS4)cc3)nc21. The number of aromatic nitrogens is 6. The summed E-state index contributed by atoms with van der Waals surface area (Å²) in [5, 5.41) is 10.1. The fraction of sp³-hybridized carbons (Fsp3) is 0.276. The number of pyridine rings is 2. The number of rotatable bonds is 9. The Morgan fingerprint density at radius 3 is 2.63 bits per heavy atom. The van der Waals surface area contributed by atoms with Crippen LogP contribution in [0.15, 0.2) is 78.4 Å². The van der Waals surface area contributed by atoms with E-state index in [9.17, 15) is 13.2 Å². The zero-order chi connectivity index (χ0) is 30.0. The van der Waals surface area contributed by atoms with E-state index in [0.29, 0.717) is 33.6 Å². The third-order valence-corrected chi connectivity index (χ3v) is 10.5. The molecule has 0 bridgehead atoms. The van der Waals surface area contributed by atoms with Crippen molar-refractivity contribution in [3.05, 3.63) is 95.2 Å². The second kappa shape index (κ2) is 12.1. The molecule has 1 atom stereocenters. The van der Waals surface area contributed by atoms with Gasteiger partial charge in [-0.25, -0.2) is 22.4 Å². The minimum absolute atomic E-state index is 0.0813. The standard InChI is InChI=1S/C29H31N9O3S2/c1-19(2)43(40,41)38-18-32-15-24(38)17-37-27-21(12-25(28(37)39)34-23-4-3-9-30-14-23)13-33-29(36-27)35-22-7-5-20(6-8-22)26-16-31-10-11-42-26/h3-9,12-15,18-19,26,31,34H,10-11,16-17H2,1-2H3,(H,33,35,36). The van der Waals surface area contributed by atoms with Gasteiger partial charge in [0.2, 0.25) is 16.0 Å². The molecule has 14 heteroatoms. The molecular formula is C29H31N9O3S2. The molecule has 5 aromatic rings. The maximum atomic E-state index is 13.9. The van der Waals surface area contributed by atoms with Gasteiger partial charge >= 0.3 is 0 Å². The summed E-state index contributed by atoms with van der Waals surface area (Å²) in [6.45, 7) is 5.09. The molecule has 1 fully saturated rings. The fourth-order valence-corrected chi connectivity index (χ4v) is 6.98. The van der Waals surface area contributed by atoms with Crippen molar-refractivity contribution in [2.24, 2.45) is 0 Å². The summed E-state index contributed by atoms with van der Waals surface area (Å²) < 4.78 is 28.6. The van der Waals surface area contributed by atoms with Gasteiger partial charge in [0.05, 0.1) is 35.6 Å². The Morgan fingerprint density at radius 1 is 1.07 bits per heavy atom. The van der Waals surface area contributed by atoms with Crippen LogP contribution in [0.3, 0.4) is 0 Å². The molecule has 1 aliphatic heterocycles. The third kappa shape index (κ3) is 6.12. The molecule has 6 rings (SSSR count). The van der Waals surface area contributed by atoms with Crippen LogP contribution in [-0.4, -0.2) is 61.0 Å². The molecule has 222 valence electrons. The largest absolute Gasteiger partial charge is 0.350 e. The van der Waals surface area contributed by atoms with Crippen molar-refractivity contribution in [1.29, 1.82) is 0 Å². The van der Waals surface area contributed by atoms with E-state index < -0.39 is 20.8 Å². The Labute approximate surface area is 253 Å². The minimum Gasteiger partial charge on any atom is -0.350 e. The highest BCUT2D eigenvalue weighted by Gasteiger charge is 2.23. The molecular weight excluding hydrogens is 587 g/mol. The van der Waals surface area contributed by atoms with Crippen molar-refractivity contribution in [3.63, 3.8) is 0 Å². The van der Waals surface area contributed by atoms with Gasteiger partial charge in [0.25, 0.3) is 5.56 Å². The second-order valence-electron chi connectivity index (χ2n) is 10.4. The highest BCUT2D eigenvalue weighted by atomic mass is 32.2. The van der Waals surface area contributed by atoms with E-state index in [-0.39, 0.29) is 12.2 Å². The van der Waals surface area contributed by atoms with Crippen LogP contribution in [0, 0.1) is 0 Å². The van der Waals surface area contributed by atoms with E-state index in [0.717, 1.165) is 28.5 Å². The van der Waals surface area contributed by atoms with Crippen LogP contribution >= 0.6 is 11.8 Å². The quantitative estimate of drug-likeness (QED) is 0.221. The average Bonchev–Trinajstić information content (AvgIpc) is 3.50. The van der Waals surface area contributed by atoms with E-state index in [2.05, 4.69) is 43.0 Å². The number of hydrogen-bond acceptors (Lipinski definition) is 11. The van der Waals surface area contributed by atoms with E-state index in [1.165, 1.54) is 22.7 Å². The number of benzene rings is 1. The number of anilines is 4. The lowest BCUT2D eigenvalue weighted by atomic mass is 10.1. The molecule has 43 heavy (non-hydrogen) atoms. The number of fused-ring (bicyclic) bond motifs is 1. The first-order valence-corrected chi connectivity index (χ1v) is 16.4. The predicted octanol–water partition coefficient (Wildman–Crippen LogP) is 3.88. The van der Waals surface area contributed by atoms with Gasteiger partial charge in [-0.1, -0.05) is 12.1 Å². The summed E-state index contributed by atoms with van der Waals surface area (Å²) >= 11 is 1.94. The van der Waals surface area contributed by atoms with Gasteiger partial charge in [-0.05, 0) is 49.7 Å². The molecule has 0 amide bonds. The van der Waals surface area contributed by atoms with E-state index >= 15 is 0 Å². The van der Waals surface area contributed by atoms with Crippen LogP contribution in [0.5, 0.6) is 0 Å². The molecule has 0 saturated carbocycles. The summed E-state index contributed by atoms with van der Waals surface area (Å²) in [5.41, 5.74) is 3.24. The Kier molecular flexibility index (Phi) is 8.15. The molecule has 12 nitrogen and oxygen atoms in total. The van der Waals surface area contributed by atoms with Gasteiger partial charge in [-0.2, -0.15) is 16.7 Å². The van der Waals surface area contributed by atoms with Crippen molar-refractivity contribution in [2.75, 3.05) is 29.5 Å². The number of hydrogen-bond donors (Lipinski definition) is 3. The van der Waals surface area contributed by atoms with Crippen LogP contribution in [0.25, 0.3) is 11.0 Å². The highest BCUT2D eigenvalue weighted by Crippen LogP contribution is 2.31. The van der Waals surface area contributed by atoms with Crippen LogP contribution < -0.4 is 21.5 Å². The Hall–Kier alpha value is -4.27. The number of nitrogens with zero attached hydrogens (tertiary/aromatic N) is 6. The monoisotopic (exact) mass is 617 g/mol. The maximum absolute atomic E-state index is 13.9. The summed E-state index contributed by atoms with van der Waals surface area (Å²) in [6, 6.07) is 13.4. The van der Waals surface area contributed by atoms with E-state index in [1.807, 2.05) is 23.9 Å². The summed E-state index contributed by atoms with van der Waals surface area (Å²) in [7, 11) is -3.71. The number of thioether (sulfide) groups is 1. The predicted molar refractivity (Wildman–Crippen MR) is 170 cm³/mol. The van der Waals surface area contributed by atoms with Gasteiger partial charge in [0.15, 0.2) is 0 Å². The van der Waals surface area contributed by atoms with Crippen LogP contribution in [0.4, 0.5) is 23.0 Å². The highest BCUT2D eigenvalue weighted by molar-refractivity contribution is 7.99. The molecule has 0 aliphatic carbocycles. The molecule has 0 spiro atoms. The number of imidazole rings is 1. The summed E-state index contributed by atoms with van der Waals surface area (Å²) in [4.78, 5) is 31.3. The lowest BCUT2D eigenvalue weighted by Crippen LogP contribution is -2.28. The molecule has 1 aliphatic rings. The second-order valence-corrected chi connectivity index (χ2v) is 14.1. The minimum atomic E-state index is -3.71. The summed E-state index contributed by atoms with van der Waals surface area (Å²) in [6.07, 6.45) is 7.58. The molecule has 3 N–H and O–H groups in total. The number of nitrogens with one attached hydrogen (secondary N) is 3. The van der Waals surface area contributed by atoms with Crippen LogP contribution in [0.2, 0.25) is 0 Å². The van der Waals surface area contributed by atoms with Crippen molar-refractivity contribution in [2.45, 2.75) is 30.9 Å². The van der Waals surface area contributed by atoms with Gasteiger partial charge in [-0.3, -0.25) is 14.3 Å². The zero-order valence-corrected chi connectivity index (χ0v) is 25.3. The first-order valence-electron chi connectivity index (χ1n) is 13.8. The van der Waals surface area contributed by atoms with Gasteiger partial charge in [0.1, 0.15) is 17.7 Å². The van der Waals surface area contributed by atoms with Crippen LogP contribution in [-0.2, 0) is 16.6 Å². The lowest BCUT2D eigenvalue weighted by Gasteiger charge is -2.22. The van der Waals surface area contributed by atoms with E-state index in [1.54, 1.807) is 50.6 Å². The molecule has 4 aromatic heterocycles. The van der Waals surface area contributed by atoms with Gasteiger partial charge < -0.3 is 16.0 Å². The lowest BCUT2D eigenvalue weighted by molar-refractivity contribution is 0.574. The summed E-state index contributed by atoms with van der Waals surface area (Å²) in [5.74, 6) is 1.39. The molecule has 0 radical (unpaired) electrons. The topological polar surface area (TPSA) is 149 Å². The Balaban J connectivity index is 1.38. The maximum Gasteiger partial charge on any atom is 0.276 e. The van der Waals surface area contributed by atoms with Gasteiger partial charge in [-0.15, -0.1) is 0 Å². The molecule has 5 heterocycles. The average molecular weight is 618 g/mol. The first-order chi connectivity index (χ1) is 20.8. The van der Waals surface area contributed by atoms with Crippen molar-refractivity contribution in [1.82, 2.24) is 33.8 Å².